The Bertz CT molecular complexity index is 307. The van der Waals surface area contributed by atoms with E-state index in [0.29, 0.717) is 12.5 Å². The van der Waals surface area contributed by atoms with E-state index in [1.807, 2.05) is 0 Å². The normalized spacial score (nSPS) is 21.7. The van der Waals surface area contributed by atoms with Gasteiger partial charge in [0.1, 0.15) is 0 Å². The molecule has 0 aromatic heterocycles. The van der Waals surface area contributed by atoms with Crippen LogP contribution in [0.4, 0.5) is 4.79 Å². The Kier molecular flexibility index (Phi) is 5.41. The van der Waals surface area contributed by atoms with Crippen molar-refractivity contribution in [3.8, 4) is 0 Å². The van der Waals surface area contributed by atoms with Crippen molar-refractivity contribution >= 4 is 6.03 Å². The number of hydrogen-bond acceptors (Lipinski definition) is 2. The summed E-state index contributed by atoms with van der Waals surface area (Å²) in [6.07, 6.45) is 5.03. The number of urea groups is 1. The van der Waals surface area contributed by atoms with Crippen LogP contribution in [0.25, 0.3) is 0 Å². The van der Waals surface area contributed by atoms with Gasteiger partial charge in [-0.05, 0) is 52.9 Å². The number of carbonyl (C=O) groups excluding carboxylic acids is 1. The molecule has 0 atom stereocenters. The van der Waals surface area contributed by atoms with Gasteiger partial charge in [0, 0.05) is 24.2 Å². The Balaban J connectivity index is 2.32. The van der Waals surface area contributed by atoms with Crippen molar-refractivity contribution in [3.63, 3.8) is 0 Å². The highest BCUT2D eigenvalue weighted by atomic mass is 16.2. The largest absolute Gasteiger partial charge is 0.338 e. The maximum Gasteiger partial charge on any atom is 0.315 e. The van der Waals surface area contributed by atoms with Crippen molar-refractivity contribution in [1.82, 2.24) is 16.0 Å². The molecule has 0 aromatic rings. The summed E-state index contributed by atoms with van der Waals surface area (Å²) in [4.78, 5) is 11.4. The summed E-state index contributed by atoms with van der Waals surface area (Å²) in [6, 6.07) is -0.104. The highest BCUT2D eigenvalue weighted by Crippen LogP contribution is 2.34. The van der Waals surface area contributed by atoms with Gasteiger partial charge in [-0.2, -0.15) is 0 Å². The van der Waals surface area contributed by atoms with Crippen molar-refractivity contribution in [3.05, 3.63) is 12.7 Å². The lowest BCUT2D eigenvalue weighted by molar-refractivity contribution is 0.124. The van der Waals surface area contributed by atoms with E-state index >= 15 is 0 Å². The molecule has 0 spiro atoms. The average molecular weight is 267 g/mol. The molecule has 4 heteroatoms. The monoisotopic (exact) mass is 267 g/mol. The molecule has 0 bridgehead atoms. The van der Waals surface area contributed by atoms with Crippen molar-refractivity contribution in [1.29, 1.82) is 0 Å². The fraction of sp³-hybridized carbons (Fsp3) is 0.800. The molecule has 1 heterocycles. The first-order chi connectivity index (χ1) is 8.74. The fourth-order valence-corrected chi connectivity index (χ4v) is 3.35. The van der Waals surface area contributed by atoms with Gasteiger partial charge in [0.2, 0.25) is 0 Å². The first-order valence-corrected chi connectivity index (χ1v) is 7.16. The maximum atomic E-state index is 11.4. The number of piperidine rings is 1. The van der Waals surface area contributed by atoms with Gasteiger partial charge in [-0.15, -0.1) is 6.58 Å². The van der Waals surface area contributed by atoms with Crippen LogP contribution in [0.2, 0.25) is 0 Å². The molecule has 3 N–H and O–H groups in total. The minimum atomic E-state index is -0.104. The second kappa shape index (κ2) is 6.42. The Hall–Kier alpha value is -1.03. The minimum absolute atomic E-state index is 0.104. The highest BCUT2D eigenvalue weighted by molar-refractivity contribution is 5.73. The summed E-state index contributed by atoms with van der Waals surface area (Å²) >= 11 is 0. The molecule has 1 aliphatic heterocycles. The van der Waals surface area contributed by atoms with Gasteiger partial charge in [-0.3, -0.25) is 0 Å². The van der Waals surface area contributed by atoms with Gasteiger partial charge in [-0.25, -0.2) is 4.79 Å². The first-order valence-electron chi connectivity index (χ1n) is 7.16. The topological polar surface area (TPSA) is 53.2 Å². The van der Waals surface area contributed by atoms with Gasteiger partial charge >= 0.3 is 6.03 Å². The third kappa shape index (κ3) is 6.10. The van der Waals surface area contributed by atoms with Crippen LogP contribution in [-0.4, -0.2) is 30.2 Å². The van der Waals surface area contributed by atoms with Crippen LogP contribution in [0.1, 0.15) is 47.0 Å². The van der Waals surface area contributed by atoms with Gasteiger partial charge in [0.15, 0.2) is 0 Å². The van der Waals surface area contributed by atoms with Crippen molar-refractivity contribution < 1.29 is 4.79 Å². The zero-order valence-corrected chi connectivity index (χ0v) is 12.8. The molecular formula is C15H29N3O. The lowest BCUT2D eigenvalue weighted by atomic mass is 9.75. The smallest absolute Gasteiger partial charge is 0.315 e. The molecule has 0 saturated carbocycles. The highest BCUT2D eigenvalue weighted by Gasteiger charge is 2.37. The predicted molar refractivity (Wildman–Crippen MR) is 80.2 cm³/mol. The third-order valence-electron chi connectivity index (χ3n) is 3.52. The molecule has 1 saturated heterocycles. The standard InChI is InChI=1S/C15H29N3O/c1-6-8-16-13(19)17-9-7-12-10-14(2,3)18-15(4,5)11-12/h6,12,18H,1,7-11H2,2-5H3,(H2,16,17,19). The van der Waals surface area contributed by atoms with E-state index in [0.717, 1.165) is 25.8 Å². The van der Waals surface area contributed by atoms with Crippen LogP contribution in [0.3, 0.4) is 0 Å². The zero-order chi connectivity index (χ0) is 14.5. The molecule has 19 heavy (non-hydrogen) atoms. The molecule has 1 fully saturated rings. The molecule has 0 unspecified atom stereocenters. The van der Waals surface area contributed by atoms with Crippen LogP contribution >= 0.6 is 0 Å². The number of nitrogens with one attached hydrogen (secondary N) is 3. The molecule has 4 nitrogen and oxygen atoms in total. The summed E-state index contributed by atoms with van der Waals surface area (Å²) in [7, 11) is 0. The number of carbonyl (C=O) groups is 1. The molecule has 1 rings (SSSR count). The summed E-state index contributed by atoms with van der Waals surface area (Å²) in [6.45, 7) is 13.8. The lowest BCUT2D eigenvalue weighted by Crippen LogP contribution is -2.58. The summed E-state index contributed by atoms with van der Waals surface area (Å²) in [5, 5.41) is 9.30. The van der Waals surface area contributed by atoms with E-state index in [1.54, 1.807) is 6.08 Å². The van der Waals surface area contributed by atoms with Crippen LogP contribution in [-0.2, 0) is 0 Å². The van der Waals surface area contributed by atoms with Gasteiger partial charge in [0.05, 0.1) is 0 Å². The summed E-state index contributed by atoms with van der Waals surface area (Å²) in [5.74, 6) is 0.658. The fourth-order valence-electron chi connectivity index (χ4n) is 3.35. The SMILES string of the molecule is C=CCNC(=O)NCCC1CC(C)(C)NC(C)(C)C1. The van der Waals surface area contributed by atoms with Crippen LogP contribution in [0.5, 0.6) is 0 Å². The molecular weight excluding hydrogens is 238 g/mol. The van der Waals surface area contributed by atoms with Gasteiger partial charge < -0.3 is 16.0 Å². The van der Waals surface area contributed by atoms with E-state index in [-0.39, 0.29) is 17.1 Å². The number of hydrogen-bond donors (Lipinski definition) is 3. The van der Waals surface area contributed by atoms with Crippen molar-refractivity contribution in [2.45, 2.75) is 58.0 Å². The van der Waals surface area contributed by atoms with Crippen molar-refractivity contribution in [2.75, 3.05) is 13.1 Å². The second-order valence-corrected chi connectivity index (χ2v) is 6.88. The van der Waals surface area contributed by atoms with Gasteiger partial charge in [0.25, 0.3) is 0 Å². The van der Waals surface area contributed by atoms with E-state index < -0.39 is 0 Å². The van der Waals surface area contributed by atoms with E-state index in [4.69, 9.17) is 0 Å². The van der Waals surface area contributed by atoms with Gasteiger partial charge in [-0.1, -0.05) is 6.08 Å². The Morgan fingerprint density at radius 3 is 2.37 bits per heavy atom. The quantitative estimate of drug-likeness (QED) is 0.670. The third-order valence-corrected chi connectivity index (χ3v) is 3.52. The Labute approximate surface area is 117 Å². The Morgan fingerprint density at radius 1 is 1.26 bits per heavy atom. The van der Waals surface area contributed by atoms with Crippen LogP contribution in [0.15, 0.2) is 12.7 Å². The van der Waals surface area contributed by atoms with E-state index in [1.165, 1.54) is 0 Å². The average Bonchev–Trinajstić information content (AvgIpc) is 2.22. The molecule has 0 aliphatic carbocycles. The summed E-state index contributed by atoms with van der Waals surface area (Å²) in [5.41, 5.74) is 0.356. The van der Waals surface area contributed by atoms with E-state index in [2.05, 4.69) is 50.2 Å². The van der Waals surface area contributed by atoms with Crippen LogP contribution in [0, 0.1) is 5.92 Å². The lowest BCUT2D eigenvalue weighted by Gasteiger charge is -2.46. The Morgan fingerprint density at radius 2 is 1.84 bits per heavy atom. The number of rotatable bonds is 5. The zero-order valence-electron chi connectivity index (χ0n) is 12.8. The molecule has 110 valence electrons. The molecule has 0 radical (unpaired) electrons. The minimum Gasteiger partial charge on any atom is -0.338 e. The summed E-state index contributed by atoms with van der Waals surface area (Å²) < 4.78 is 0. The maximum absolute atomic E-state index is 11.4. The predicted octanol–water partition coefficient (Wildman–Crippen LogP) is 2.42. The van der Waals surface area contributed by atoms with Crippen LogP contribution < -0.4 is 16.0 Å². The number of amides is 2. The van der Waals surface area contributed by atoms with Crippen molar-refractivity contribution in [2.24, 2.45) is 5.92 Å². The molecule has 1 aliphatic rings. The molecule has 0 aromatic carbocycles. The molecule has 2 amide bonds. The first kappa shape index (κ1) is 16.0. The van der Waals surface area contributed by atoms with E-state index in [9.17, 15) is 4.79 Å². The second-order valence-electron chi connectivity index (χ2n) is 6.88.